The van der Waals surface area contributed by atoms with Gasteiger partial charge in [-0.05, 0) is 27.7 Å². The van der Waals surface area contributed by atoms with E-state index in [1.165, 1.54) is 0 Å². The Hall–Kier alpha value is -1.56. The molecule has 0 spiro atoms. The molecular weight excluding hydrogens is 371 g/mol. The van der Waals surface area contributed by atoms with Crippen molar-refractivity contribution in [1.82, 2.24) is 0 Å². The quantitative estimate of drug-likeness (QED) is 0.256. The predicted molar refractivity (Wildman–Crippen MR) is 76.9 cm³/mol. The lowest BCUT2D eigenvalue weighted by Gasteiger charge is -2.27. The van der Waals surface area contributed by atoms with Crippen molar-refractivity contribution < 1.29 is 45.1 Å². The van der Waals surface area contributed by atoms with Crippen molar-refractivity contribution in [1.29, 1.82) is 0 Å². The van der Waals surface area contributed by atoms with Crippen LogP contribution in [0.1, 0.15) is 38.1 Å². The summed E-state index contributed by atoms with van der Waals surface area (Å²) in [4.78, 5) is 22.0. The molecule has 1 aromatic rings. The maximum Gasteiger partial charge on any atom is 0.538 e. The Balaban J connectivity index is 3.06. The summed E-state index contributed by atoms with van der Waals surface area (Å²) in [6.45, 7) is 6.20. The molecule has 0 bridgehead atoms. The number of carbonyl (C=O) groups is 1. The second-order valence-corrected chi connectivity index (χ2v) is 7.75. The van der Waals surface area contributed by atoms with E-state index in [0.717, 1.165) is 0 Å². The normalized spacial score (nSPS) is 12.2. The Labute approximate surface area is 141 Å². The van der Waals surface area contributed by atoms with Gasteiger partial charge in [-0.2, -0.15) is 0 Å². The van der Waals surface area contributed by atoms with Crippen LogP contribution >= 0.6 is 0 Å². The summed E-state index contributed by atoms with van der Waals surface area (Å²) in [5.74, 6) is -13.5. The molecule has 0 saturated heterocycles. The van der Waals surface area contributed by atoms with Gasteiger partial charge in [-0.15, -0.1) is 0 Å². The molecule has 0 radical (unpaired) electrons. The van der Waals surface area contributed by atoms with Gasteiger partial charge in [0.2, 0.25) is 5.82 Å². The Morgan fingerprint density at radius 2 is 1.24 bits per heavy atom. The molecular formula is C14H17F5O5Si. The predicted octanol–water partition coefficient (Wildman–Crippen LogP) is 2.86. The first-order valence-electron chi connectivity index (χ1n) is 7.16. The van der Waals surface area contributed by atoms with Crippen LogP contribution in [0.5, 0.6) is 0 Å². The number of hydrogen-bond donors (Lipinski definition) is 1. The van der Waals surface area contributed by atoms with Gasteiger partial charge in [0.05, 0.1) is 0 Å². The summed E-state index contributed by atoms with van der Waals surface area (Å²) in [6, 6.07) is 0. The van der Waals surface area contributed by atoms with Crippen LogP contribution in [0.2, 0.25) is 0 Å². The van der Waals surface area contributed by atoms with E-state index in [-0.39, 0.29) is 0 Å². The Bertz CT molecular complexity index is 614. The highest BCUT2D eigenvalue weighted by Gasteiger charge is 2.42. The van der Waals surface area contributed by atoms with Crippen molar-refractivity contribution in [2.24, 2.45) is 0 Å². The maximum absolute atomic E-state index is 13.6. The molecule has 11 heteroatoms. The van der Waals surface area contributed by atoms with Crippen LogP contribution in [0.4, 0.5) is 22.0 Å². The zero-order chi connectivity index (χ0) is 19.5. The van der Waals surface area contributed by atoms with Crippen LogP contribution in [0.25, 0.3) is 0 Å². The number of carbonyl (C=O) groups excluding carboxylic acids is 1. The van der Waals surface area contributed by atoms with Gasteiger partial charge >= 0.3 is 14.8 Å². The average Bonchev–Trinajstić information content (AvgIpc) is 2.47. The molecule has 142 valence electrons. The second-order valence-electron chi connectivity index (χ2n) is 5.57. The fourth-order valence-corrected chi connectivity index (χ4v) is 3.82. The smallest absolute Gasteiger partial charge is 0.457 e. The van der Waals surface area contributed by atoms with Crippen molar-refractivity contribution in [3.63, 3.8) is 0 Å². The summed E-state index contributed by atoms with van der Waals surface area (Å²) in [5, 5.41) is 0. The lowest BCUT2D eigenvalue weighted by molar-refractivity contribution is 0.0132. The van der Waals surface area contributed by atoms with E-state index in [2.05, 4.69) is 4.74 Å². The van der Waals surface area contributed by atoms with E-state index in [1.807, 2.05) is 0 Å². The fourth-order valence-electron chi connectivity index (χ4n) is 1.85. The fraction of sp³-hybridized carbons (Fsp3) is 0.500. The van der Waals surface area contributed by atoms with Crippen molar-refractivity contribution in [2.75, 3.05) is 6.23 Å². The number of hydrogen-bond acceptors (Lipinski definition) is 5. The molecule has 1 rings (SSSR count). The van der Waals surface area contributed by atoms with Gasteiger partial charge in [0.15, 0.2) is 29.5 Å². The maximum atomic E-state index is 13.6. The van der Waals surface area contributed by atoms with E-state index in [1.54, 1.807) is 27.7 Å². The van der Waals surface area contributed by atoms with E-state index in [0.29, 0.717) is 0 Å². The average molecular weight is 388 g/mol. The zero-order valence-electron chi connectivity index (χ0n) is 13.8. The van der Waals surface area contributed by atoms with Crippen molar-refractivity contribution in [3.8, 4) is 0 Å². The van der Waals surface area contributed by atoms with Crippen molar-refractivity contribution >= 4 is 14.8 Å². The van der Waals surface area contributed by atoms with Gasteiger partial charge in [-0.3, -0.25) is 0 Å². The van der Waals surface area contributed by atoms with Crippen LogP contribution in [0.15, 0.2) is 0 Å². The van der Waals surface area contributed by atoms with Crippen LogP contribution in [0, 0.1) is 29.1 Å². The van der Waals surface area contributed by atoms with Gasteiger partial charge in [0, 0.05) is 12.2 Å². The first-order valence-corrected chi connectivity index (χ1v) is 9.13. The summed E-state index contributed by atoms with van der Waals surface area (Å²) < 4.78 is 81.1. The molecule has 1 N–H and O–H groups in total. The second kappa shape index (κ2) is 8.21. The Kier molecular flexibility index (Phi) is 7.05. The van der Waals surface area contributed by atoms with E-state index in [4.69, 9.17) is 8.85 Å². The molecule has 0 aliphatic rings. The number of ether oxygens (including phenoxy) is 1. The molecule has 25 heavy (non-hydrogen) atoms. The molecule has 0 heterocycles. The lowest BCUT2D eigenvalue weighted by Crippen LogP contribution is -2.51. The molecule has 0 aromatic heterocycles. The third kappa shape index (κ3) is 5.20. The van der Waals surface area contributed by atoms with Gasteiger partial charge in [-0.25, -0.2) is 26.7 Å². The van der Waals surface area contributed by atoms with E-state index < -0.39 is 67.9 Å². The van der Waals surface area contributed by atoms with Crippen LogP contribution in [-0.4, -0.2) is 38.0 Å². The van der Waals surface area contributed by atoms with Crippen LogP contribution in [0.3, 0.4) is 0 Å². The molecule has 0 unspecified atom stereocenters. The number of rotatable bonds is 7. The summed E-state index contributed by atoms with van der Waals surface area (Å²) in [6.07, 6.45) is -2.01. The SMILES string of the molecule is CC(C)O[Si](O)(COC(=O)c1c(F)c(F)c(F)c(F)c1F)OC(C)C. The first kappa shape index (κ1) is 21.5. The molecule has 0 aliphatic heterocycles. The van der Waals surface area contributed by atoms with Crippen molar-refractivity contribution in [3.05, 3.63) is 34.6 Å². The largest absolute Gasteiger partial charge is 0.538 e. The monoisotopic (exact) mass is 388 g/mol. The summed E-state index contributed by atoms with van der Waals surface area (Å²) >= 11 is 0. The topological polar surface area (TPSA) is 65.0 Å². The molecule has 1 aromatic carbocycles. The number of esters is 1. The highest BCUT2D eigenvalue weighted by Crippen LogP contribution is 2.24. The molecule has 0 aliphatic carbocycles. The Morgan fingerprint density at radius 3 is 1.60 bits per heavy atom. The zero-order valence-corrected chi connectivity index (χ0v) is 14.8. The van der Waals surface area contributed by atoms with Crippen molar-refractivity contribution in [2.45, 2.75) is 39.9 Å². The number of benzene rings is 1. The molecule has 5 nitrogen and oxygen atoms in total. The van der Waals surface area contributed by atoms with Gasteiger partial charge in [0.25, 0.3) is 0 Å². The van der Waals surface area contributed by atoms with Gasteiger partial charge < -0.3 is 18.4 Å². The minimum atomic E-state index is -4.09. The third-order valence-corrected chi connectivity index (χ3v) is 4.83. The molecule has 0 saturated carbocycles. The van der Waals surface area contributed by atoms with Gasteiger partial charge in [0.1, 0.15) is 5.56 Å². The molecule has 0 fully saturated rings. The molecule has 0 amide bonds. The lowest BCUT2D eigenvalue weighted by atomic mass is 10.1. The Morgan fingerprint density at radius 1 is 0.880 bits per heavy atom. The van der Waals surface area contributed by atoms with E-state index in [9.17, 15) is 31.5 Å². The summed E-state index contributed by atoms with van der Waals surface area (Å²) in [7, 11) is -4.09. The molecule has 0 atom stereocenters. The van der Waals surface area contributed by atoms with Crippen LogP contribution in [-0.2, 0) is 13.6 Å². The highest BCUT2D eigenvalue weighted by atomic mass is 28.4. The highest BCUT2D eigenvalue weighted by molar-refractivity contribution is 6.59. The van der Waals surface area contributed by atoms with E-state index >= 15 is 0 Å². The first-order chi connectivity index (χ1) is 11.4. The minimum Gasteiger partial charge on any atom is -0.457 e. The van der Waals surface area contributed by atoms with Crippen LogP contribution < -0.4 is 0 Å². The van der Waals surface area contributed by atoms with Gasteiger partial charge in [-0.1, -0.05) is 0 Å². The number of halogens is 5. The third-order valence-electron chi connectivity index (χ3n) is 2.64. The summed E-state index contributed by atoms with van der Waals surface area (Å²) in [5.41, 5.74) is -1.76. The minimum absolute atomic E-state index is 0.539. The standard InChI is InChI=1S/C14H17F5O5Si/c1-6(2)23-25(21,24-7(3)4)5-22-14(20)8-9(15)11(17)13(19)12(18)10(8)16/h6-7,21H,5H2,1-4H3.